The molecule has 3 nitrogen and oxygen atoms in total. The molecule has 2 aromatic carbocycles. The molecule has 2 aromatic rings. The number of ether oxygens (including phenoxy) is 1. The topological polar surface area (TPSA) is 38.3 Å². The molecule has 0 saturated carbocycles. The number of alkyl carbamates (subject to hydrolysis) is 1. The van der Waals surface area contributed by atoms with Gasteiger partial charge in [0, 0.05) is 11.0 Å². The number of rotatable bonds is 5. The van der Waals surface area contributed by atoms with E-state index < -0.39 is 6.09 Å². The molecule has 1 N–H and O–H groups in total. The van der Waals surface area contributed by atoms with Crippen LogP contribution in [-0.2, 0) is 17.8 Å². The number of carbonyl (C=O) groups excluding carboxylic acids is 1. The number of benzene rings is 2. The molecule has 0 fully saturated rings. The molecule has 0 saturated heterocycles. The summed E-state index contributed by atoms with van der Waals surface area (Å²) in [5.41, 5.74) is 1.74. The van der Waals surface area contributed by atoms with Crippen molar-refractivity contribution < 1.29 is 13.9 Å². The van der Waals surface area contributed by atoms with Crippen molar-refractivity contribution in [1.82, 2.24) is 5.32 Å². The van der Waals surface area contributed by atoms with E-state index in [-0.39, 0.29) is 12.4 Å². The van der Waals surface area contributed by atoms with Crippen molar-refractivity contribution in [3.63, 3.8) is 0 Å². The normalized spacial score (nSPS) is 10.2. The van der Waals surface area contributed by atoms with Crippen LogP contribution in [0.2, 0.25) is 0 Å². The SMILES string of the molecule is O=C(NCCc1cc(F)cc(Br)c1)OCc1ccccc1. The van der Waals surface area contributed by atoms with Gasteiger partial charge in [0.05, 0.1) is 0 Å². The van der Waals surface area contributed by atoms with Crippen LogP contribution < -0.4 is 5.32 Å². The highest BCUT2D eigenvalue weighted by Gasteiger charge is 2.03. The fourth-order valence-electron chi connectivity index (χ4n) is 1.84. The van der Waals surface area contributed by atoms with Crippen LogP contribution in [0.5, 0.6) is 0 Å². The molecular formula is C16H15BrFNO2. The zero-order chi connectivity index (χ0) is 15.1. The number of halogens is 2. The molecule has 0 unspecified atom stereocenters. The van der Waals surface area contributed by atoms with E-state index in [0.29, 0.717) is 17.4 Å². The lowest BCUT2D eigenvalue weighted by atomic mass is 10.1. The second kappa shape index (κ2) is 7.78. The Morgan fingerprint density at radius 1 is 1.14 bits per heavy atom. The Morgan fingerprint density at radius 3 is 2.62 bits per heavy atom. The zero-order valence-electron chi connectivity index (χ0n) is 11.3. The summed E-state index contributed by atoms with van der Waals surface area (Å²) in [6.45, 7) is 0.627. The molecule has 0 heterocycles. The summed E-state index contributed by atoms with van der Waals surface area (Å²) in [7, 11) is 0. The Kier molecular flexibility index (Phi) is 5.75. The quantitative estimate of drug-likeness (QED) is 0.882. The maximum atomic E-state index is 13.2. The van der Waals surface area contributed by atoms with Crippen LogP contribution in [0.3, 0.4) is 0 Å². The lowest BCUT2D eigenvalue weighted by Crippen LogP contribution is -2.26. The molecule has 0 aromatic heterocycles. The van der Waals surface area contributed by atoms with Gasteiger partial charge in [0.2, 0.25) is 0 Å². The Labute approximate surface area is 131 Å². The fourth-order valence-corrected chi connectivity index (χ4v) is 2.35. The van der Waals surface area contributed by atoms with Crippen molar-refractivity contribution >= 4 is 22.0 Å². The van der Waals surface area contributed by atoms with E-state index in [9.17, 15) is 9.18 Å². The van der Waals surface area contributed by atoms with Crippen molar-refractivity contribution in [2.75, 3.05) is 6.54 Å². The third-order valence-electron chi connectivity index (χ3n) is 2.82. The molecule has 0 bridgehead atoms. The van der Waals surface area contributed by atoms with Crippen LogP contribution in [0.25, 0.3) is 0 Å². The van der Waals surface area contributed by atoms with E-state index in [4.69, 9.17) is 4.74 Å². The summed E-state index contributed by atoms with van der Waals surface area (Å²) in [5.74, 6) is -0.300. The average molecular weight is 352 g/mol. The molecule has 0 aliphatic carbocycles. The van der Waals surface area contributed by atoms with Crippen molar-refractivity contribution in [3.8, 4) is 0 Å². The monoisotopic (exact) mass is 351 g/mol. The van der Waals surface area contributed by atoms with Crippen molar-refractivity contribution in [1.29, 1.82) is 0 Å². The summed E-state index contributed by atoms with van der Waals surface area (Å²) < 4.78 is 18.9. The van der Waals surface area contributed by atoms with Gasteiger partial charge in [-0.1, -0.05) is 46.3 Å². The first-order valence-electron chi connectivity index (χ1n) is 6.53. The Balaban J connectivity index is 1.72. The highest BCUT2D eigenvalue weighted by atomic mass is 79.9. The third kappa shape index (κ3) is 5.55. The first-order valence-corrected chi connectivity index (χ1v) is 7.32. The van der Waals surface area contributed by atoms with E-state index in [0.717, 1.165) is 11.1 Å². The number of hydrogen-bond acceptors (Lipinski definition) is 2. The lowest BCUT2D eigenvalue weighted by Gasteiger charge is -2.07. The number of amides is 1. The molecule has 5 heteroatoms. The smallest absolute Gasteiger partial charge is 0.407 e. The summed E-state index contributed by atoms with van der Waals surface area (Å²) in [6, 6.07) is 14.1. The van der Waals surface area contributed by atoms with Gasteiger partial charge in [-0.25, -0.2) is 9.18 Å². The molecule has 0 radical (unpaired) electrons. The predicted octanol–water partition coefficient (Wildman–Crippen LogP) is 4.06. The van der Waals surface area contributed by atoms with Crippen LogP contribution in [0, 0.1) is 5.82 Å². The van der Waals surface area contributed by atoms with Gasteiger partial charge >= 0.3 is 6.09 Å². The van der Waals surface area contributed by atoms with Crippen LogP contribution in [0.4, 0.5) is 9.18 Å². The van der Waals surface area contributed by atoms with Gasteiger partial charge in [0.15, 0.2) is 0 Å². The predicted molar refractivity (Wildman–Crippen MR) is 82.4 cm³/mol. The van der Waals surface area contributed by atoms with Gasteiger partial charge in [0.1, 0.15) is 12.4 Å². The Hall–Kier alpha value is -1.88. The summed E-state index contributed by atoms with van der Waals surface area (Å²) in [6.07, 6.45) is 0.0610. The van der Waals surface area contributed by atoms with Crippen molar-refractivity contribution in [3.05, 3.63) is 69.9 Å². The molecular weight excluding hydrogens is 337 g/mol. The second-order valence-electron chi connectivity index (χ2n) is 4.52. The molecule has 0 aliphatic rings. The van der Waals surface area contributed by atoms with Gasteiger partial charge in [0.25, 0.3) is 0 Å². The van der Waals surface area contributed by atoms with Gasteiger partial charge < -0.3 is 10.1 Å². The molecule has 0 spiro atoms. The van der Waals surface area contributed by atoms with Crippen LogP contribution in [0.1, 0.15) is 11.1 Å². The molecule has 0 atom stereocenters. The zero-order valence-corrected chi connectivity index (χ0v) is 12.9. The van der Waals surface area contributed by atoms with Gasteiger partial charge in [-0.05, 0) is 35.7 Å². The van der Waals surface area contributed by atoms with Crippen LogP contribution in [-0.4, -0.2) is 12.6 Å². The first kappa shape index (κ1) is 15.5. The number of carbonyl (C=O) groups is 1. The van der Waals surface area contributed by atoms with E-state index in [1.807, 2.05) is 36.4 Å². The first-order chi connectivity index (χ1) is 10.1. The lowest BCUT2D eigenvalue weighted by molar-refractivity contribution is 0.140. The summed E-state index contributed by atoms with van der Waals surface area (Å²) in [4.78, 5) is 11.5. The van der Waals surface area contributed by atoms with Crippen molar-refractivity contribution in [2.45, 2.75) is 13.0 Å². The fraction of sp³-hybridized carbons (Fsp3) is 0.188. The number of nitrogens with one attached hydrogen (secondary N) is 1. The van der Waals surface area contributed by atoms with Crippen LogP contribution in [0.15, 0.2) is 53.0 Å². The molecule has 1 amide bonds. The molecule has 2 rings (SSSR count). The van der Waals surface area contributed by atoms with E-state index in [1.54, 1.807) is 0 Å². The molecule has 110 valence electrons. The second-order valence-corrected chi connectivity index (χ2v) is 5.43. The highest BCUT2D eigenvalue weighted by Crippen LogP contribution is 2.15. The van der Waals surface area contributed by atoms with E-state index in [2.05, 4.69) is 21.2 Å². The van der Waals surface area contributed by atoms with Gasteiger partial charge in [-0.3, -0.25) is 0 Å². The van der Waals surface area contributed by atoms with Gasteiger partial charge in [-0.15, -0.1) is 0 Å². The Bertz CT molecular complexity index is 584. The standard InChI is InChI=1S/C16H15BrFNO2/c17-14-8-13(9-15(18)10-14)6-7-19-16(20)21-11-12-4-2-1-3-5-12/h1-5,8-10H,6-7,11H2,(H,19,20). The summed E-state index contributed by atoms with van der Waals surface area (Å²) in [5, 5.41) is 2.64. The maximum absolute atomic E-state index is 13.2. The largest absolute Gasteiger partial charge is 0.445 e. The minimum absolute atomic E-state index is 0.234. The molecule has 21 heavy (non-hydrogen) atoms. The van der Waals surface area contributed by atoms with E-state index in [1.165, 1.54) is 12.1 Å². The minimum atomic E-state index is -0.477. The Morgan fingerprint density at radius 2 is 1.90 bits per heavy atom. The minimum Gasteiger partial charge on any atom is -0.445 e. The molecule has 0 aliphatic heterocycles. The average Bonchev–Trinajstić information content (AvgIpc) is 2.45. The van der Waals surface area contributed by atoms with Crippen LogP contribution >= 0.6 is 15.9 Å². The maximum Gasteiger partial charge on any atom is 0.407 e. The van der Waals surface area contributed by atoms with E-state index >= 15 is 0 Å². The third-order valence-corrected chi connectivity index (χ3v) is 3.28. The summed E-state index contributed by atoms with van der Waals surface area (Å²) >= 11 is 3.23. The number of hydrogen-bond donors (Lipinski definition) is 1. The van der Waals surface area contributed by atoms with Crippen molar-refractivity contribution in [2.24, 2.45) is 0 Å². The highest BCUT2D eigenvalue weighted by molar-refractivity contribution is 9.10. The van der Waals surface area contributed by atoms with Gasteiger partial charge in [-0.2, -0.15) is 0 Å².